The average molecular weight is 452 g/mol. The van der Waals surface area contributed by atoms with Gasteiger partial charge in [-0.1, -0.05) is 24.3 Å². The summed E-state index contributed by atoms with van der Waals surface area (Å²) in [5, 5.41) is 1.97. The van der Waals surface area contributed by atoms with Crippen LogP contribution in [0, 0.1) is 5.82 Å². The van der Waals surface area contributed by atoms with Crippen molar-refractivity contribution in [2.45, 2.75) is 31.3 Å². The summed E-state index contributed by atoms with van der Waals surface area (Å²) in [5.74, 6) is 1.49. The molecule has 3 aromatic rings. The number of hydrogen-bond donors (Lipinski definition) is 0. The largest absolute Gasteiger partial charge is 0.492 e. The highest BCUT2D eigenvalue weighted by atomic mass is 32.1. The molecule has 0 N–H and O–H groups in total. The highest BCUT2D eigenvalue weighted by molar-refractivity contribution is 7.10. The van der Waals surface area contributed by atoms with E-state index in [1.54, 1.807) is 23.5 Å². The molecule has 4 nitrogen and oxygen atoms in total. The van der Waals surface area contributed by atoms with Gasteiger partial charge >= 0.3 is 0 Å². The van der Waals surface area contributed by atoms with Crippen LogP contribution in [-0.4, -0.2) is 37.4 Å². The molecule has 5 rings (SSSR count). The molecule has 3 heterocycles. The highest BCUT2D eigenvalue weighted by Crippen LogP contribution is 2.46. The standard InChI is InChI=1S/C26H26FNO3S/c27-24-5-2-1-4-22(24)19-14-21(32-17-19)16-30-20-6-7-23-25(15-20)31-18-26(23)8-11-28(12-9-26)10-3-13-29/h1-2,4-7,13-15,17H,3,8-12,16,18H2. The van der Waals surface area contributed by atoms with Crippen molar-refractivity contribution in [3.8, 4) is 22.6 Å². The number of benzene rings is 2. The second-order valence-corrected chi connectivity index (χ2v) is 9.59. The lowest BCUT2D eigenvalue weighted by Gasteiger charge is -2.38. The Kier molecular flexibility index (Phi) is 5.98. The Bertz CT molecular complexity index is 1100. The minimum absolute atomic E-state index is 0.0773. The van der Waals surface area contributed by atoms with Gasteiger partial charge in [-0.2, -0.15) is 0 Å². The quantitative estimate of drug-likeness (QED) is 0.448. The summed E-state index contributed by atoms with van der Waals surface area (Å²) in [6.45, 7) is 4.00. The molecular formula is C26H26FNO3S. The zero-order chi connectivity index (χ0) is 22.0. The van der Waals surface area contributed by atoms with Gasteiger partial charge in [0.15, 0.2) is 0 Å². The van der Waals surface area contributed by atoms with Crippen molar-refractivity contribution >= 4 is 17.6 Å². The molecule has 2 aliphatic heterocycles. The fourth-order valence-electron chi connectivity index (χ4n) is 4.74. The number of rotatable bonds is 7. The number of piperidine rings is 1. The minimum atomic E-state index is -0.211. The van der Waals surface area contributed by atoms with Crippen LogP contribution >= 0.6 is 11.3 Å². The van der Waals surface area contributed by atoms with Gasteiger partial charge in [-0.3, -0.25) is 0 Å². The molecule has 6 heteroatoms. The number of hydrogen-bond acceptors (Lipinski definition) is 5. The first kappa shape index (κ1) is 21.2. The van der Waals surface area contributed by atoms with Crippen molar-refractivity contribution in [1.29, 1.82) is 0 Å². The van der Waals surface area contributed by atoms with Gasteiger partial charge in [-0.15, -0.1) is 11.3 Å². The number of likely N-dealkylation sites (tertiary alicyclic amines) is 1. The summed E-state index contributed by atoms with van der Waals surface area (Å²) < 4.78 is 26.1. The zero-order valence-electron chi connectivity index (χ0n) is 17.9. The van der Waals surface area contributed by atoms with E-state index in [-0.39, 0.29) is 11.2 Å². The number of thiophene rings is 1. The lowest BCUT2D eigenvalue weighted by Crippen LogP contribution is -2.43. The molecule has 0 saturated carbocycles. The summed E-state index contributed by atoms with van der Waals surface area (Å²) in [5.41, 5.74) is 2.85. The van der Waals surface area contributed by atoms with Gasteiger partial charge in [0.25, 0.3) is 0 Å². The zero-order valence-corrected chi connectivity index (χ0v) is 18.7. The maximum absolute atomic E-state index is 14.0. The summed E-state index contributed by atoms with van der Waals surface area (Å²) in [7, 11) is 0. The molecule has 0 atom stereocenters. The van der Waals surface area contributed by atoms with Gasteiger partial charge in [-0.25, -0.2) is 4.39 Å². The smallest absolute Gasteiger partial charge is 0.131 e. The van der Waals surface area contributed by atoms with Gasteiger partial charge in [-0.05, 0) is 55.1 Å². The predicted molar refractivity (Wildman–Crippen MR) is 124 cm³/mol. The molecule has 1 spiro atoms. The Hall–Kier alpha value is -2.70. The van der Waals surface area contributed by atoms with E-state index in [1.807, 2.05) is 29.6 Å². The molecule has 2 aromatic carbocycles. The lowest BCUT2D eigenvalue weighted by atomic mass is 9.74. The van der Waals surface area contributed by atoms with E-state index < -0.39 is 0 Å². The summed E-state index contributed by atoms with van der Waals surface area (Å²) >= 11 is 1.57. The maximum atomic E-state index is 14.0. The molecule has 0 radical (unpaired) electrons. The van der Waals surface area contributed by atoms with Crippen LogP contribution in [0.1, 0.15) is 29.7 Å². The molecule has 1 fully saturated rings. The minimum Gasteiger partial charge on any atom is -0.492 e. The van der Waals surface area contributed by atoms with Crippen LogP contribution < -0.4 is 9.47 Å². The molecule has 0 unspecified atom stereocenters. The van der Waals surface area contributed by atoms with E-state index in [4.69, 9.17) is 9.47 Å². The van der Waals surface area contributed by atoms with Crippen molar-refractivity contribution in [3.05, 3.63) is 70.2 Å². The molecule has 2 aliphatic rings. The van der Waals surface area contributed by atoms with Crippen LogP contribution in [0.15, 0.2) is 53.9 Å². The first-order chi connectivity index (χ1) is 15.7. The molecule has 1 aromatic heterocycles. The Morgan fingerprint density at radius 3 is 2.81 bits per heavy atom. The topological polar surface area (TPSA) is 38.8 Å². The fourth-order valence-corrected chi connectivity index (χ4v) is 5.54. The van der Waals surface area contributed by atoms with Crippen LogP contribution in [0.4, 0.5) is 4.39 Å². The van der Waals surface area contributed by atoms with E-state index in [0.717, 1.165) is 60.7 Å². The highest BCUT2D eigenvalue weighted by Gasteiger charge is 2.43. The van der Waals surface area contributed by atoms with Crippen molar-refractivity contribution in [2.24, 2.45) is 0 Å². The third-order valence-electron chi connectivity index (χ3n) is 6.62. The van der Waals surface area contributed by atoms with Gasteiger partial charge in [0, 0.05) is 40.5 Å². The summed E-state index contributed by atoms with van der Waals surface area (Å²) in [6, 6.07) is 15.0. The van der Waals surface area contributed by atoms with Crippen molar-refractivity contribution in [1.82, 2.24) is 4.90 Å². The van der Waals surface area contributed by atoms with Crippen LogP contribution in [-0.2, 0) is 16.8 Å². The van der Waals surface area contributed by atoms with Crippen LogP contribution in [0.2, 0.25) is 0 Å². The van der Waals surface area contributed by atoms with Gasteiger partial charge < -0.3 is 19.2 Å². The molecular weight excluding hydrogens is 425 g/mol. The second-order valence-electron chi connectivity index (χ2n) is 8.59. The SMILES string of the molecule is O=CCCN1CCC2(CC1)COc1cc(OCc3cc(-c4ccccc4F)cs3)ccc12. The number of halogens is 1. The predicted octanol–water partition coefficient (Wildman–Crippen LogP) is 5.45. The number of carbonyl (C=O) groups is 1. The lowest BCUT2D eigenvalue weighted by molar-refractivity contribution is -0.108. The fraction of sp³-hybridized carbons (Fsp3) is 0.346. The van der Waals surface area contributed by atoms with E-state index in [0.29, 0.717) is 25.2 Å². The normalized spacial score (nSPS) is 17.2. The van der Waals surface area contributed by atoms with E-state index in [2.05, 4.69) is 11.0 Å². The number of nitrogens with zero attached hydrogens (tertiary/aromatic N) is 1. The number of carbonyl (C=O) groups excluding carboxylic acids is 1. The Labute approximate surface area is 191 Å². The number of aldehydes is 1. The van der Waals surface area contributed by atoms with E-state index >= 15 is 0 Å². The van der Waals surface area contributed by atoms with Crippen LogP contribution in [0.5, 0.6) is 11.5 Å². The summed E-state index contributed by atoms with van der Waals surface area (Å²) in [4.78, 5) is 14.1. The Morgan fingerprint density at radius 1 is 1.16 bits per heavy atom. The monoisotopic (exact) mass is 451 g/mol. The third kappa shape index (κ3) is 4.17. The van der Waals surface area contributed by atoms with Gasteiger partial charge in [0.1, 0.15) is 30.2 Å². The van der Waals surface area contributed by atoms with Crippen molar-refractivity contribution < 1.29 is 18.7 Å². The van der Waals surface area contributed by atoms with Crippen LogP contribution in [0.25, 0.3) is 11.1 Å². The molecule has 0 amide bonds. The molecule has 166 valence electrons. The maximum Gasteiger partial charge on any atom is 0.131 e. The first-order valence-corrected chi connectivity index (χ1v) is 11.9. The first-order valence-electron chi connectivity index (χ1n) is 11.1. The number of ether oxygens (including phenoxy) is 2. The Balaban J connectivity index is 1.23. The third-order valence-corrected chi connectivity index (χ3v) is 7.53. The molecule has 1 saturated heterocycles. The van der Waals surface area contributed by atoms with Gasteiger partial charge in [0.05, 0.1) is 6.61 Å². The van der Waals surface area contributed by atoms with Crippen molar-refractivity contribution in [2.75, 3.05) is 26.2 Å². The molecule has 0 bridgehead atoms. The molecule has 32 heavy (non-hydrogen) atoms. The van der Waals surface area contributed by atoms with E-state index in [9.17, 15) is 9.18 Å². The van der Waals surface area contributed by atoms with Crippen molar-refractivity contribution in [3.63, 3.8) is 0 Å². The summed E-state index contributed by atoms with van der Waals surface area (Å²) in [6.07, 6.45) is 3.70. The average Bonchev–Trinajstić information content (AvgIpc) is 3.43. The van der Waals surface area contributed by atoms with Crippen LogP contribution in [0.3, 0.4) is 0 Å². The number of fused-ring (bicyclic) bond motifs is 2. The Morgan fingerprint density at radius 2 is 2.00 bits per heavy atom. The second kappa shape index (κ2) is 9.04. The van der Waals surface area contributed by atoms with Gasteiger partial charge in [0.2, 0.25) is 0 Å². The molecule has 0 aliphatic carbocycles. The van der Waals surface area contributed by atoms with E-state index in [1.165, 1.54) is 11.6 Å².